The molecule has 10 heteroatoms. The SMILES string of the molecule is CC/C=C\C/C=C\C/C=C\C/C=C\C/C=C\C/C=C\C/C=C\C/C=C\CCCCCCCCCCC(=O)OC(COC(=O)CCCCCCCC)COP(=O)([O-])OCC[N+](C)(C)C. The molecule has 0 aliphatic rings. The molecular weight excluding hydrogens is 810 g/mol. The van der Waals surface area contributed by atoms with E-state index >= 15 is 0 Å². The van der Waals surface area contributed by atoms with Gasteiger partial charge in [-0.2, -0.15) is 0 Å². The molecular formula is C53H90NO8P. The lowest BCUT2D eigenvalue weighted by atomic mass is 10.1. The minimum Gasteiger partial charge on any atom is -0.756 e. The summed E-state index contributed by atoms with van der Waals surface area (Å²) >= 11 is 0. The van der Waals surface area contributed by atoms with Crippen molar-refractivity contribution in [1.29, 1.82) is 0 Å². The van der Waals surface area contributed by atoms with Gasteiger partial charge in [0.2, 0.25) is 0 Å². The van der Waals surface area contributed by atoms with Gasteiger partial charge in [0, 0.05) is 12.8 Å². The van der Waals surface area contributed by atoms with Crippen molar-refractivity contribution in [1.82, 2.24) is 0 Å². The molecule has 0 radical (unpaired) electrons. The summed E-state index contributed by atoms with van der Waals surface area (Å²) in [5, 5.41) is 0. The van der Waals surface area contributed by atoms with Crippen LogP contribution in [0, 0.1) is 0 Å². The lowest BCUT2D eigenvalue weighted by Gasteiger charge is -2.28. The standard InChI is InChI=1S/C53H90NO8P/c1-6-8-10-12-14-15-16-17-18-19-20-21-22-23-24-25-26-27-28-29-30-31-32-33-34-35-36-37-38-39-40-42-44-46-53(56)62-51(49-59-52(55)45-43-41-13-11-9-7-2)50-61-63(57,58)60-48-47-54(3,4)5/h8,10,14-15,17-18,20-21,23-24,26-27,29-30,32-33,51H,6-7,9,11-13,16,19,22,25,28,31,34-50H2,1-5H3/b10-8-,15-14-,18-17-,21-20-,24-23-,27-26-,30-29-,33-32-. The molecule has 0 heterocycles. The van der Waals surface area contributed by atoms with Crippen molar-refractivity contribution in [3.63, 3.8) is 0 Å². The third-order valence-electron chi connectivity index (χ3n) is 9.87. The molecule has 0 fully saturated rings. The zero-order valence-electron chi connectivity index (χ0n) is 40.5. The summed E-state index contributed by atoms with van der Waals surface area (Å²) < 4.78 is 33.7. The van der Waals surface area contributed by atoms with E-state index < -0.39 is 32.5 Å². The Balaban J connectivity index is 4.08. The topological polar surface area (TPSA) is 111 Å². The van der Waals surface area contributed by atoms with E-state index in [4.69, 9.17) is 18.5 Å². The average Bonchev–Trinajstić information content (AvgIpc) is 3.24. The Kier molecular flexibility index (Phi) is 42.0. The van der Waals surface area contributed by atoms with Crippen molar-refractivity contribution in [3.8, 4) is 0 Å². The molecule has 0 aromatic carbocycles. The summed E-state index contributed by atoms with van der Waals surface area (Å²) in [6, 6.07) is 0. The van der Waals surface area contributed by atoms with Crippen LogP contribution in [0.25, 0.3) is 0 Å². The molecule has 0 aromatic rings. The van der Waals surface area contributed by atoms with E-state index in [-0.39, 0.29) is 26.1 Å². The molecule has 0 amide bonds. The number of carbonyl (C=O) groups excluding carboxylic acids is 2. The summed E-state index contributed by atoms with van der Waals surface area (Å²) in [6.07, 6.45) is 59.1. The van der Waals surface area contributed by atoms with Gasteiger partial charge in [-0.3, -0.25) is 14.2 Å². The predicted octanol–water partition coefficient (Wildman–Crippen LogP) is 13.9. The van der Waals surface area contributed by atoms with Gasteiger partial charge in [0.1, 0.15) is 19.8 Å². The number of nitrogens with zero attached hydrogens (tertiary/aromatic N) is 1. The third-order valence-corrected chi connectivity index (χ3v) is 10.8. The van der Waals surface area contributed by atoms with E-state index in [1.54, 1.807) is 0 Å². The first-order valence-electron chi connectivity index (χ1n) is 24.4. The Hall–Kier alpha value is -3.07. The van der Waals surface area contributed by atoms with Crippen LogP contribution in [0.5, 0.6) is 0 Å². The smallest absolute Gasteiger partial charge is 0.306 e. The third kappa shape index (κ3) is 48.2. The Morgan fingerprint density at radius 2 is 0.905 bits per heavy atom. The zero-order valence-corrected chi connectivity index (χ0v) is 41.4. The molecule has 0 N–H and O–H groups in total. The van der Waals surface area contributed by atoms with Crippen molar-refractivity contribution < 1.29 is 42.1 Å². The highest BCUT2D eigenvalue weighted by molar-refractivity contribution is 7.45. The number of ether oxygens (including phenoxy) is 2. The number of hydrogen-bond donors (Lipinski definition) is 0. The summed E-state index contributed by atoms with van der Waals surface area (Å²) in [7, 11) is 1.14. The fourth-order valence-electron chi connectivity index (χ4n) is 6.08. The molecule has 0 aromatic heterocycles. The second-order valence-electron chi connectivity index (χ2n) is 17.1. The number of quaternary nitrogens is 1. The molecule has 0 saturated carbocycles. The van der Waals surface area contributed by atoms with Crippen molar-refractivity contribution >= 4 is 19.8 Å². The van der Waals surface area contributed by atoms with Gasteiger partial charge in [-0.15, -0.1) is 0 Å². The average molecular weight is 900 g/mol. The van der Waals surface area contributed by atoms with Crippen LogP contribution in [-0.2, 0) is 32.7 Å². The van der Waals surface area contributed by atoms with Crippen molar-refractivity contribution in [2.45, 2.75) is 180 Å². The minimum atomic E-state index is -4.62. The maximum Gasteiger partial charge on any atom is 0.306 e. The van der Waals surface area contributed by atoms with Crippen molar-refractivity contribution in [2.24, 2.45) is 0 Å². The quantitative estimate of drug-likeness (QED) is 0.0196. The first-order chi connectivity index (χ1) is 30.5. The normalized spacial score (nSPS) is 14.3. The number of hydrogen-bond acceptors (Lipinski definition) is 8. The summed E-state index contributed by atoms with van der Waals surface area (Å²) in [5.41, 5.74) is 0. The number of esters is 2. The highest BCUT2D eigenvalue weighted by atomic mass is 31.2. The van der Waals surface area contributed by atoms with E-state index in [0.29, 0.717) is 17.4 Å². The number of unbranched alkanes of at least 4 members (excludes halogenated alkanes) is 13. The Morgan fingerprint density at radius 1 is 0.508 bits per heavy atom. The summed E-state index contributed by atoms with van der Waals surface area (Å²) in [5.74, 6) is -0.861. The van der Waals surface area contributed by atoms with Gasteiger partial charge in [-0.05, 0) is 77.0 Å². The van der Waals surface area contributed by atoms with E-state index in [1.165, 1.54) is 32.1 Å². The Morgan fingerprint density at radius 3 is 1.35 bits per heavy atom. The van der Waals surface area contributed by atoms with Crippen molar-refractivity contribution in [3.05, 3.63) is 97.2 Å². The number of allylic oxidation sites excluding steroid dienone is 16. The second kappa shape index (κ2) is 44.1. The van der Waals surface area contributed by atoms with Gasteiger partial charge >= 0.3 is 11.9 Å². The molecule has 2 unspecified atom stereocenters. The van der Waals surface area contributed by atoms with E-state index in [9.17, 15) is 19.0 Å². The van der Waals surface area contributed by atoms with Gasteiger partial charge in [0.25, 0.3) is 7.82 Å². The number of carbonyl (C=O) groups is 2. The fraction of sp³-hybridized carbons (Fsp3) is 0.660. The molecule has 0 saturated heterocycles. The van der Waals surface area contributed by atoms with Crippen molar-refractivity contribution in [2.75, 3.05) is 47.5 Å². The zero-order chi connectivity index (χ0) is 46.4. The molecule has 9 nitrogen and oxygen atoms in total. The number of rotatable bonds is 43. The molecule has 360 valence electrons. The van der Waals surface area contributed by atoms with Crippen LogP contribution < -0.4 is 4.89 Å². The van der Waals surface area contributed by atoms with Gasteiger partial charge in [0.15, 0.2) is 6.10 Å². The van der Waals surface area contributed by atoms with Gasteiger partial charge in [-0.25, -0.2) is 0 Å². The van der Waals surface area contributed by atoms with Gasteiger partial charge in [-0.1, -0.05) is 182 Å². The minimum absolute atomic E-state index is 0.0366. The molecule has 0 bridgehead atoms. The van der Waals surface area contributed by atoms with Crippen LogP contribution in [0.4, 0.5) is 0 Å². The maximum absolute atomic E-state index is 12.7. The maximum atomic E-state index is 12.7. The van der Waals surface area contributed by atoms with Crippen LogP contribution in [0.15, 0.2) is 97.2 Å². The molecule has 0 aliphatic heterocycles. The van der Waals surface area contributed by atoms with Crippen LogP contribution in [0.1, 0.15) is 174 Å². The lowest BCUT2D eigenvalue weighted by molar-refractivity contribution is -0.870. The fourth-order valence-corrected chi connectivity index (χ4v) is 6.81. The van der Waals surface area contributed by atoms with E-state index in [0.717, 1.165) is 109 Å². The molecule has 2 atom stereocenters. The molecule has 0 aliphatic carbocycles. The van der Waals surface area contributed by atoms with E-state index in [2.05, 4.69) is 111 Å². The summed E-state index contributed by atoms with van der Waals surface area (Å²) in [4.78, 5) is 37.3. The first kappa shape index (κ1) is 59.9. The highest BCUT2D eigenvalue weighted by Crippen LogP contribution is 2.38. The second-order valence-corrected chi connectivity index (χ2v) is 18.5. The molecule has 63 heavy (non-hydrogen) atoms. The van der Waals surface area contributed by atoms with Crippen LogP contribution in [-0.4, -0.2) is 70.0 Å². The van der Waals surface area contributed by atoms with Crippen LogP contribution >= 0.6 is 7.82 Å². The predicted molar refractivity (Wildman–Crippen MR) is 263 cm³/mol. The Labute approximate surface area is 385 Å². The number of likely N-dealkylation sites (N-methyl/N-ethyl adjacent to an activating group) is 1. The van der Waals surface area contributed by atoms with Crippen LogP contribution in [0.3, 0.4) is 0 Å². The van der Waals surface area contributed by atoms with E-state index in [1.807, 2.05) is 21.1 Å². The monoisotopic (exact) mass is 900 g/mol. The Bertz CT molecular complexity index is 1390. The lowest BCUT2D eigenvalue weighted by Crippen LogP contribution is -2.37. The van der Waals surface area contributed by atoms with Gasteiger partial charge < -0.3 is 27.9 Å². The molecule has 0 rings (SSSR count). The first-order valence-corrected chi connectivity index (χ1v) is 25.9. The largest absolute Gasteiger partial charge is 0.756 e. The van der Waals surface area contributed by atoms with Crippen LogP contribution in [0.2, 0.25) is 0 Å². The molecule has 0 spiro atoms. The summed E-state index contributed by atoms with van der Waals surface area (Å²) in [6.45, 7) is 4.01. The number of phosphoric ester groups is 1. The van der Waals surface area contributed by atoms with Gasteiger partial charge in [0.05, 0.1) is 27.7 Å². The number of phosphoric acid groups is 1. The highest BCUT2D eigenvalue weighted by Gasteiger charge is 2.21.